The van der Waals surface area contributed by atoms with Gasteiger partial charge in [-0.05, 0) is 76.6 Å². The van der Waals surface area contributed by atoms with Gasteiger partial charge >= 0.3 is 0 Å². The second kappa shape index (κ2) is 10.0. The van der Waals surface area contributed by atoms with Crippen molar-refractivity contribution in [1.29, 1.82) is 0 Å². The minimum atomic E-state index is 0.0573. The molecule has 1 saturated carbocycles. The number of carbonyl (C=O) groups is 2. The topological polar surface area (TPSA) is 53.1 Å². The van der Waals surface area contributed by atoms with Crippen LogP contribution in [-0.4, -0.2) is 79.4 Å². The molecule has 1 aromatic carbocycles. The first kappa shape index (κ1) is 22.1. The van der Waals surface area contributed by atoms with E-state index in [1.807, 2.05) is 34.1 Å². The van der Waals surface area contributed by atoms with Crippen molar-refractivity contribution in [1.82, 2.24) is 14.7 Å². The van der Waals surface area contributed by atoms with E-state index in [-0.39, 0.29) is 5.91 Å². The quantitative estimate of drug-likeness (QED) is 0.670. The smallest absolute Gasteiger partial charge is 0.257 e. The first-order valence-electron chi connectivity index (χ1n) is 12.0. The van der Waals surface area contributed by atoms with E-state index in [1.54, 1.807) is 0 Å². The van der Waals surface area contributed by atoms with Gasteiger partial charge in [-0.3, -0.25) is 9.59 Å². The Bertz CT molecular complexity index is 761. The van der Waals surface area contributed by atoms with Gasteiger partial charge in [0.1, 0.15) is 5.75 Å². The average Bonchev–Trinajstić information content (AvgIpc) is 3.62. The number of ether oxygens (including phenoxy) is 1. The summed E-state index contributed by atoms with van der Waals surface area (Å²) >= 11 is 0. The summed E-state index contributed by atoms with van der Waals surface area (Å²) in [5, 5.41) is 0. The summed E-state index contributed by atoms with van der Waals surface area (Å²) in [6, 6.07) is 8.20. The molecule has 1 aliphatic carbocycles. The fourth-order valence-electron chi connectivity index (χ4n) is 4.78. The second-order valence-corrected chi connectivity index (χ2v) is 9.77. The Kier molecular flexibility index (Phi) is 7.16. The van der Waals surface area contributed by atoms with Crippen LogP contribution in [0.4, 0.5) is 0 Å². The molecule has 2 amide bonds. The number of amides is 2. The fourth-order valence-corrected chi connectivity index (χ4v) is 4.78. The zero-order valence-electron chi connectivity index (χ0n) is 19.1. The monoisotopic (exact) mass is 427 g/mol. The van der Waals surface area contributed by atoms with Crippen LogP contribution in [0.2, 0.25) is 0 Å². The third-order valence-electron chi connectivity index (χ3n) is 7.20. The molecule has 6 heteroatoms. The highest BCUT2D eigenvalue weighted by molar-refractivity contribution is 5.97. The third-order valence-corrected chi connectivity index (χ3v) is 7.20. The van der Waals surface area contributed by atoms with E-state index >= 15 is 0 Å². The maximum absolute atomic E-state index is 13.1. The largest absolute Gasteiger partial charge is 0.492 e. The van der Waals surface area contributed by atoms with Crippen LogP contribution in [0.25, 0.3) is 0 Å². The van der Waals surface area contributed by atoms with Gasteiger partial charge in [0.25, 0.3) is 5.91 Å². The number of rotatable bonds is 7. The molecule has 3 aliphatic rings. The minimum absolute atomic E-state index is 0.0573. The summed E-state index contributed by atoms with van der Waals surface area (Å²) < 4.78 is 5.94. The lowest BCUT2D eigenvalue weighted by Gasteiger charge is -2.37. The zero-order valence-corrected chi connectivity index (χ0v) is 19.1. The van der Waals surface area contributed by atoms with Crippen LogP contribution in [0.1, 0.15) is 55.3 Å². The molecule has 1 aromatic rings. The van der Waals surface area contributed by atoms with Crippen LogP contribution >= 0.6 is 0 Å². The molecule has 31 heavy (non-hydrogen) atoms. The van der Waals surface area contributed by atoms with Crippen LogP contribution in [0, 0.1) is 11.8 Å². The highest BCUT2D eigenvalue weighted by atomic mass is 16.5. The van der Waals surface area contributed by atoms with E-state index in [4.69, 9.17) is 4.74 Å². The normalized spacial score (nSPS) is 20.9. The standard InChI is InChI=1S/C25H37N3O3/c1-26(2)21-11-15-27(16-12-21)24(29)17-19-9-13-28(14-10-19)25(30)22-5-3-4-6-23(22)31-18-20-7-8-20/h3-6,19-21H,7-18H2,1-2H3. The number of likely N-dealkylation sites (tertiary alicyclic amines) is 2. The number of hydrogen-bond acceptors (Lipinski definition) is 4. The minimum Gasteiger partial charge on any atom is -0.492 e. The predicted octanol–water partition coefficient (Wildman–Crippen LogP) is 3.27. The number of piperidine rings is 2. The summed E-state index contributed by atoms with van der Waals surface area (Å²) in [5.74, 6) is 2.09. The molecule has 3 fully saturated rings. The molecule has 0 radical (unpaired) electrons. The van der Waals surface area contributed by atoms with E-state index in [0.29, 0.717) is 48.1 Å². The molecule has 170 valence electrons. The van der Waals surface area contributed by atoms with Gasteiger partial charge in [-0.1, -0.05) is 12.1 Å². The van der Waals surface area contributed by atoms with Crippen LogP contribution in [0.3, 0.4) is 0 Å². The molecule has 4 rings (SSSR count). The lowest BCUT2D eigenvalue weighted by Crippen LogP contribution is -2.45. The summed E-state index contributed by atoms with van der Waals surface area (Å²) in [6.07, 6.45) is 7.01. The van der Waals surface area contributed by atoms with Crippen molar-refractivity contribution in [2.45, 2.75) is 51.0 Å². The Labute approximate surface area is 186 Å². The van der Waals surface area contributed by atoms with Gasteiger partial charge in [0, 0.05) is 38.6 Å². The Hall–Kier alpha value is -2.08. The van der Waals surface area contributed by atoms with E-state index in [9.17, 15) is 9.59 Å². The van der Waals surface area contributed by atoms with Gasteiger partial charge < -0.3 is 19.4 Å². The predicted molar refractivity (Wildman–Crippen MR) is 121 cm³/mol. The number of benzene rings is 1. The van der Waals surface area contributed by atoms with Crippen molar-refractivity contribution < 1.29 is 14.3 Å². The Morgan fingerprint density at radius 1 is 0.903 bits per heavy atom. The molecule has 0 aromatic heterocycles. The van der Waals surface area contributed by atoms with E-state index in [2.05, 4.69) is 19.0 Å². The zero-order chi connectivity index (χ0) is 21.8. The van der Waals surface area contributed by atoms with E-state index in [0.717, 1.165) is 51.9 Å². The van der Waals surface area contributed by atoms with Crippen molar-refractivity contribution in [3.05, 3.63) is 29.8 Å². The number of nitrogens with zero attached hydrogens (tertiary/aromatic N) is 3. The summed E-state index contributed by atoms with van der Waals surface area (Å²) in [5.41, 5.74) is 0.668. The van der Waals surface area contributed by atoms with Crippen LogP contribution in [-0.2, 0) is 4.79 Å². The average molecular weight is 428 g/mol. The molecular weight excluding hydrogens is 390 g/mol. The molecule has 2 aliphatic heterocycles. The van der Waals surface area contributed by atoms with Crippen LogP contribution in [0.15, 0.2) is 24.3 Å². The molecule has 2 heterocycles. The number of carbonyl (C=O) groups excluding carboxylic acids is 2. The number of hydrogen-bond donors (Lipinski definition) is 0. The Morgan fingerprint density at radius 2 is 1.55 bits per heavy atom. The molecular formula is C25H37N3O3. The van der Waals surface area contributed by atoms with Gasteiger partial charge in [-0.25, -0.2) is 0 Å². The maximum atomic E-state index is 13.1. The van der Waals surface area contributed by atoms with Crippen molar-refractivity contribution in [2.24, 2.45) is 11.8 Å². The molecule has 0 unspecified atom stereocenters. The van der Waals surface area contributed by atoms with Gasteiger partial charge in [0.15, 0.2) is 0 Å². The third kappa shape index (κ3) is 5.79. The summed E-state index contributed by atoms with van der Waals surface area (Å²) in [7, 11) is 4.24. The van der Waals surface area contributed by atoms with Crippen molar-refractivity contribution in [3.63, 3.8) is 0 Å². The highest BCUT2D eigenvalue weighted by Crippen LogP contribution is 2.31. The summed E-state index contributed by atoms with van der Waals surface area (Å²) in [4.78, 5) is 32.1. The SMILES string of the molecule is CN(C)C1CCN(C(=O)CC2CCN(C(=O)c3ccccc3OCC3CC3)CC2)CC1. The van der Waals surface area contributed by atoms with E-state index in [1.165, 1.54) is 12.8 Å². The Morgan fingerprint density at radius 3 is 2.19 bits per heavy atom. The lowest BCUT2D eigenvalue weighted by molar-refractivity contribution is -0.134. The van der Waals surface area contributed by atoms with Gasteiger partial charge in [0.2, 0.25) is 5.91 Å². The molecule has 0 atom stereocenters. The van der Waals surface area contributed by atoms with Gasteiger partial charge in [0.05, 0.1) is 12.2 Å². The Balaban J connectivity index is 1.24. The molecule has 2 saturated heterocycles. The second-order valence-electron chi connectivity index (χ2n) is 9.77. The molecule has 6 nitrogen and oxygen atoms in total. The first-order valence-corrected chi connectivity index (χ1v) is 12.0. The van der Waals surface area contributed by atoms with Crippen molar-refractivity contribution in [2.75, 3.05) is 46.9 Å². The fraction of sp³-hybridized carbons (Fsp3) is 0.680. The summed E-state index contributed by atoms with van der Waals surface area (Å²) in [6.45, 7) is 3.89. The highest BCUT2D eigenvalue weighted by Gasteiger charge is 2.30. The van der Waals surface area contributed by atoms with Crippen LogP contribution < -0.4 is 4.74 Å². The van der Waals surface area contributed by atoms with Crippen LogP contribution in [0.5, 0.6) is 5.75 Å². The maximum Gasteiger partial charge on any atom is 0.257 e. The molecule has 0 bridgehead atoms. The first-order chi connectivity index (χ1) is 15.0. The van der Waals surface area contributed by atoms with Crippen molar-refractivity contribution >= 4 is 11.8 Å². The molecule has 0 N–H and O–H groups in total. The molecule has 0 spiro atoms. The lowest BCUT2D eigenvalue weighted by atomic mass is 9.92. The number of para-hydroxylation sites is 1. The van der Waals surface area contributed by atoms with Crippen molar-refractivity contribution in [3.8, 4) is 5.75 Å². The van der Waals surface area contributed by atoms with Gasteiger partial charge in [-0.15, -0.1) is 0 Å². The van der Waals surface area contributed by atoms with E-state index < -0.39 is 0 Å². The van der Waals surface area contributed by atoms with Gasteiger partial charge in [-0.2, -0.15) is 0 Å².